The van der Waals surface area contributed by atoms with Gasteiger partial charge in [-0.05, 0) is 24.0 Å². The van der Waals surface area contributed by atoms with Crippen LogP contribution in [0.2, 0.25) is 0 Å². The van der Waals surface area contributed by atoms with E-state index in [-0.39, 0.29) is 11.9 Å². The van der Waals surface area contributed by atoms with E-state index >= 15 is 0 Å². The Balaban J connectivity index is 1.88. The van der Waals surface area contributed by atoms with Crippen molar-refractivity contribution in [3.05, 3.63) is 35.4 Å². The summed E-state index contributed by atoms with van der Waals surface area (Å²) in [7, 11) is 0. The molecular weight excluding hydrogens is 228 g/mol. The highest BCUT2D eigenvalue weighted by molar-refractivity contribution is 5.80. The molecule has 4 nitrogen and oxygen atoms in total. The maximum absolute atomic E-state index is 11.5. The lowest BCUT2D eigenvalue weighted by Crippen LogP contribution is -2.53. The van der Waals surface area contributed by atoms with E-state index in [2.05, 4.69) is 29.2 Å². The van der Waals surface area contributed by atoms with Gasteiger partial charge in [0.2, 0.25) is 5.91 Å². The van der Waals surface area contributed by atoms with Crippen LogP contribution in [0.25, 0.3) is 0 Å². The zero-order valence-electron chi connectivity index (χ0n) is 10.3. The van der Waals surface area contributed by atoms with Crippen LogP contribution in [0.15, 0.2) is 24.3 Å². The van der Waals surface area contributed by atoms with Gasteiger partial charge in [0.05, 0.1) is 13.2 Å². The summed E-state index contributed by atoms with van der Waals surface area (Å²) in [5.74, 6) is -0.279. The Morgan fingerprint density at radius 3 is 3.06 bits per heavy atom. The first-order valence-corrected chi connectivity index (χ1v) is 6.48. The number of primary amides is 1. The first-order chi connectivity index (χ1) is 8.77. The molecule has 2 aliphatic rings. The molecule has 96 valence electrons. The van der Waals surface area contributed by atoms with Gasteiger partial charge < -0.3 is 10.5 Å². The summed E-state index contributed by atoms with van der Waals surface area (Å²) < 4.78 is 5.38. The lowest BCUT2D eigenvalue weighted by atomic mass is 10.0. The summed E-state index contributed by atoms with van der Waals surface area (Å²) in [6.07, 6.45) is 2.16. The number of morpholine rings is 1. The molecule has 0 aromatic heterocycles. The van der Waals surface area contributed by atoms with Gasteiger partial charge in [0.1, 0.15) is 6.04 Å². The van der Waals surface area contributed by atoms with Crippen LogP contribution in [0.3, 0.4) is 0 Å². The summed E-state index contributed by atoms with van der Waals surface area (Å²) in [4.78, 5) is 13.8. The third-order valence-electron chi connectivity index (χ3n) is 4.00. The van der Waals surface area contributed by atoms with E-state index in [0.717, 1.165) is 19.4 Å². The largest absolute Gasteiger partial charge is 0.378 e. The van der Waals surface area contributed by atoms with Crippen molar-refractivity contribution in [2.75, 3.05) is 19.8 Å². The van der Waals surface area contributed by atoms with Crippen molar-refractivity contribution in [2.24, 2.45) is 5.73 Å². The van der Waals surface area contributed by atoms with E-state index in [1.165, 1.54) is 11.1 Å². The number of carbonyl (C=O) groups excluding carboxylic acids is 1. The number of ether oxygens (including phenoxy) is 1. The highest BCUT2D eigenvalue weighted by Crippen LogP contribution is 2.37. The quantitative estimate of drug-likeness (QED) is 0.842. The molecule has 4 heteroatoms. The molecule has 0 saturated carbocycles. The van der Waals surface area contributed by atoms with Crippen molar-refractivity contribution in [3.8, 4) is 0 Å². The second-order valence-electron chi connectivity index (χ2n) is 4.98. The number of amides is 1. The van der Waals surface area contributed by atoms with Crippen LogP contribution in [-0.2, 0) is 16.0 Å². The first kappa shape index (κ1) is 11.7. The minimum atomic E-state index is -0.282. The van der Waals surface area contributed by atoms with E-state index in [4.69, 9.17) is 10.5 Å². The van der Waals surface area contributed by atoms with Gasteiger partial charge in [-0.2, -0.15) is 0 Å². The molecule has 1 aromatic carbocycles. The van der Waals surface area contributed by atoms with Crippen molar-refractivity contribution < 1.29 is 9.53 Å². The lowest BCUT2D eigenvalue weighted by molar-refractivity contribution is -0.131. The van der Waals surface area contributed by atoms with Gasteiger partial charge in [0.15, 0.2) is 0 Å². The van der Waals surface area contributed by atoms with Crippen molar-refractivity contribution in [1.29, 1.82) is 0 Å². The van der Waals surface area contributed by atoms with Gasteiger partial charge in [-0.15, -0.1) is 0 Å². The molecule has 0 radical (unpaired) electrons. The van der Waals surface area contributed by atoms with Crippen LogP contribution in [0, 0.1) is 0 Å². The molecule has 1 aliphatic carbocycles. The van der Waals surface area contributed by atoms with Crippen LogP contribution in [-0.4, -0.2) is 36.6 Å². The summed E-state index contributed by atoms with van der Waals surface area (Å²) in [6, 6.07) is 8.52. The zero-order valence-corrected chi connectivity index (χ0v) is 10.3. The molecule has 18 heavy (non-hydrogen) atoms. The molecule has 1 amide bonds. The fourth-order valence-electron chi connectivity index (χ4n) is 3.11. The highest BCUT2D eigenvalue weighted by atomic mass is 16.5. The highest BCUT2D eigenvalue weighted by Gasteiger charge is 2.36. The van der Waals surface area contributed by atoms with E-state index < -0.39 is 0 Å². The normalized spacial score (nSPS) is 28.0. The van der Waals surface area contributed by atoms with Gasteiger partial charge in [0, 0.05) is 12.6 Å². The average Bonchev–Trinajstić information content (AvgIpc) is 2.82. The summed E-state index contributed by atoms with van der Waals surface area (Å²) in [5.41, 5.74) is 8.24. The molecule has 2 atom stereocenters. The number of carbonyl (C=O) groups is 1. The van der Waals surface area contributed by atoms with Crippen molar-refractivity contribution in [2.45, 2.75) is 24.9 Å². The van der Waals surface area contributed by atoms with Crippen LogP contribution in [0.4, 0.5) is 0 Å². The summed E-state index contributed by atoms with van der Waals surface area (Å²) in [5, 5.41) is 0. The van der Waals surface area contributed by atoms with E-state index in [9.17, 15) is 4.79 Å². The molecule has 1 aliphatic heterocycles. The third kappa shape index (κ3) is 1.91. The topological polar surface area (TPSA) is 55.6 Å². The molecule has 2 N–H and O–H groups in total. The molecule has 1 saturated heterocycles. The number of hydrogen-bond donors (Lipinski definition) is 1. The molecule has 0 bridgehead atoms. The number of benzene rings is 1. The van der Waals surface area contributed by atoms with Crippen LogP contribution in [0.1, 0.15) is 23.6 Å². The zero-order chi connectivity index (χ0) is 12.5. The number of nitrogens with zero attached hydrogens (tertiary/aromatic N) is 1. The number of aryl methyl sites for hydroxylation is 1. The van der Waals surface area contributed by atoms with E-state index in [0.29, 0.717) is 19.3 Å². The predicted molar refractivity (Wildman–Crippen MR) is 68.0 cm³/mol. The fraction of sp³-hybridized carbons (Fsp3) is 0.500. The number of nitrogens with two attached hydrogens (primary N) is 1. The Labute approximate surface area is 107 Å². The monoisotopic (exact) mass is 246 g/mol. The van der Waals surface area contributed by atoms with Crippen LogP contribution in [0.5, 0.6) is 0 Å². The minimum Gasteiger partial charge on any atom is -0.378 e. The number of rotatable bonds is 2. The standard InChI is InChI=1S/C14H18N2O2/c15-14(17)13-9-18-8-7-16(13)12-6-5-10-3-1-2-4-11(10)12/h1-4,12-13H,5-9H2,(H2,15,17)/t12-,13?/m0/s1. The molecule has 0 spiro atoms. The minimum absolute atomic E-state index is 0.279. The molecular formula is C14H18N2O2. The maximum atomic E-state index is 11.5. The summed E-state index contributed by atoms with van der Waals surface area (Å²) in [6.45, 7) is 1.89. The molecule has 1 aromatic rings. The van der Waals surface area contributed by atoms with E-state index in [1.54, 1.807) is 0 Å². The molecule has 1 unspecified atom stereocenters. The fourth-order valence-corrected chi connectivity index (χ4v) is 3.11. The first-order valence-electron chi connectivity index (χ1n) is 6.48. The van der Waals surface area contributed by atoms with Gasteiger partial charge in [0.25, 0.3) is 0 Å². The SMILES string of the molecule is NC(=O)C1COCCN1[C@H]1CCc2ccccc21. The second kappa shape index (κ2) is 4.71. The van der Waals surface area contributed by atoms with Crippen molar-refractivity contribution in [3.63, 3.8) is 0 Å². The number of hydrogen-bond acceptors (Lipinski definition) is 3. The lowest BCUT2D eigenvalue weighted by Gasteiger charge is -2.38. The smallest absolute Gasteiger partial charge is 0.237 e. The molecule has 1 fully saturated rings. The Hall–Kier alpha value is -1.39. The Kier molecular flexibility index (Phi) is 3.06. The van der Waals surface area contributed by atoms with Gasteiger partial charge >= 0.3 is 0 Å². The van der Waals surface area contributed by atoms with Gasteiger partial charge in [-0.1, -0.05) is 24.3 Å². The molecule has 1 heterocycles. The Bertz CT molecular complexity index is 461. The van der Waals surface area contributed by atoms with Crippen molar-refractivity contribution >= 4 is 5.91 Å². The summed E-state index contributed by atoms with van der Waals surface area (Å²) >= 11 is 0. The van der Waals surface area contributed by atoms with Gasteiger partial charge in [-0.25, -0.2) is 0 Å². The van der Waals surface area contributed by atoms with Crippen molar-refractivity contribution in [1.82, 2.24) is 4.90 Å². The third-order valence-corrected chi connectivity index (χ3v) is 4.00. The van der Waals surface area contributed by atoms with Gasteiger partial charge in [-0.3, -0.25) is 9.69 Å². The second-order valence-corrected chi connectivity index (χ2v) is 4.98. The Morgan fingerprint density at radius 1 is 1.39 bits per heavy atom. The van der Waals surface area contributed by atoms with Crippen LogP contribution >= 0.6 is 0 Å². The van der Waals surface area contributed by atoms with E-state index in [1.807, 2.05) is 0 Å². The Morgan fingerprint density at radius 2 is 2.22 bits per heavy atom. The average molecular weight is 246 g/mol. The number of fused-ring (bicyclic) bond motifs is 1. The van der Waals surface area contributed by atoms with Crippen LogP contribution < -0.4 is 5.73 Å². The predicted octanol–water partition coefficient (Wildman–Crippen LogP) is 0.860. The maximum Gasteiger partial charge on any atom is 0.237 e. The molecule has 3 rings (SSSR count).